The highest BCUT2D eigenvalue weighted by atomic mass is 32.3. The molecule has 4 aliphatic heterocycles. The van der Waals surface area contributed by atoms with Gasteiger partial charge in [-0.25, -0.2) is 4.18 Å². The number of fused-ring (bicyclic) bond motifs is 7. The van der Waals surface area contributed by atoms with Gasteiger partial charge in [0.1, 0.15) is 85.5 Å². The normalized spacial score (nSPS) is 52.0. The molecule has 0 amide bonds. The summed E-state index contributed by atoms with van der Waals surface area (Å²) >= 11 is 0. The first-order chi connectivity index (χ1) is 36.0. The highest BCUT2D eigenvalue weighted by Crippen LogP contribution is 2.75. The lowest BCUT2D eigenvalue weighted by molar-refractivity contribution is -0.387. The van der Waals surface area contributed by atoms with Crippen molar-refractivity contribution in [2.75, 3.05) is 19.8 Å². The third kappa shape index (κ3) is 10.1. The van der Waals surface area contributed by atoms with Crippen molar-refractivity contribution in [3.05, 3.63) is 23.8 Å². The molecule has 0 aromatic carbocycles. The fraction of sp³-hybridized carbons (Fsp3) is 0.904. The molecule has 24 nitrogen and oxygen atoms in total. The third-order valence-corrected chi connectivity index (χ3v) is 21.1. The van der Waals surface area contributed by atoms with Crippen molar-refractivity contribution < 1.29 is 116 Å². The molecule has 9 aliphatic rings. The fourth-order valence-corrected chi connectivity index (χ4v) is 16.5. The van der Waals surface area contributed by atoms with Crippen LogP contribution in [0.5, 0.6) is 0 Å². The summed E-state index contributed by atoms with van der Waals surface area (Å²) in [7, 11) is -5.22. The van der Waals surface area contributed by atoms with Gasteiger partial charge in [0, 0.05) is 5.92 Å². The first-order valence-electron chi connectivity index (χ1n) is 27.1. The minimum Gasteiger partial charge on any atom is -0.432 e. The molecule has 9 rings (SSSR count). The molecule has 8 fully saturated rings. The first-order valence-corrected chi connectivity index (χ1v) is 28.5. The minimum atomic E-state index is -5.22. The molecule has 77 heavy (non-hydrogen) atoms. The summed E-state index contributed by atoms with van der Waals surface area (Å²) in [6, 6.07) is 0. The Morgan fingerprint density at radius 2 is 1.31 bits per heavy atom. The lowest BCUT2D eigenvalue weighted by atomic mass is 9.34. The van der Waals surface area contributed by atoms with Crippen molar-refractivity contribution in [1.82, 2.24) is 0 Å². The topological polar surface area (TPSA) is 377 Å². The standard InChI is InChI=1S/C52H82O24S/c1-22-10-15-52(47(64)75-45-38(62)35(59)33(57)27(19-53)70-45)17-16-50(6)24(25(52)18-22)8-9-30-49(5)13-12-31(48(3,4)29(49)11-14-51(30,50)7)72-46-42(74-43-37(61)34(58)32(56)23(2)69-43)40(26(55)21-68-46)73-44-39(63)36(60)41(28(20-54)71-44)76-77(65,66)67/h8,23,25-46,53-63H,1,9-21H2,2-7H3,(H,65,66,67)/t23-,25-,26-,27+,28+,29-,30+,31-,32-,33+,34+,35-,36+,37+,38+,39+,40-,41+,42+,43-,44-,45-,46-,49-,50+,51+,52-/m0/s1. The van der Waals surface area contributed by atoms with Crippen LogP contribution >= 0.6 is 0 Å². The smallest absolute Gasteiger partial charge is 0.397 e. The van der Waals surface area contributed by atoms with E-state index in [-0.39, 0.29) is 34.0 Å². The lowest BCUT2D eigenvalue weighted by Crippen LogP contribution is -2.67. The summed E-state index contributed by atoms with van der Waals surface area (Å²) in [5.41, 5.74) is -0.190. The Kier molecular flexibility index (Phi) is 16.8. The third-order valence-electron chi connectivity index (χ3n) is 20.6. The van der Waals surface area contributed by atoms with Crippen LogP contribution in [0.2, 0.25) is 0 Å². The van der Waals surface area contributed by atoms with Crippen molar-refractivity contribution >= 4 is 16.4 Å². The zero-order chi connectivity index (χ0) is 56.3. The maximum atomic E-state index is 14.7. The van der Waals surface area contributed by atoms with E-state index >= 15 is 0 Å². The van der Waals surface area contributed by atoms with Crippen LogP contribution in [0.15, 0.2) is 23.8 Å². The minimum absolute atomic E-state index is 0.0678. The zero-order valence-corrected chi connectivity index (χ0v) is 45.2. The maximum Gasteiger partial charge on any atom is 0.397 e. The Bertz CT molecular complexity index is 2300. The van der Waals surface area contributed by atoms with Gasteiger partial charge in [0.05, 0.1) is 37.4 Å². The van der Waals surface area contributed by atoms with E-state index in [1.807, 2.05) is 0 Å². The number of ether oxygens (including phenoxy) is 8. The number of hydrogen-bond donors (Lipinski definition) is 12. The molecular formula is C52H82O24S. The predicted molar refractivity (Wildman–Crippen MR) is 261 cm³/mol. The molecule has 0 unspecified atom stereocenters. The van der Waals surface area contributed by atoms with Crippen LogP contribution in [0, 0.1) is 44.8 Å². The molecule has 5 aliphatic carbocycles. The Balaban J connectivity index is 0.966. The van der Waals surface area contributed by atoms with E-state index in [1.165, 1.54) is 12.5 Å². The van der Waals surface area contributed by atoms with Crippen molar-refractivity contribution in [3.8, 4) is 0 Å². The van der Waals surface area contributed by atoms with Crippen LogP contribution < -0.4 is 0 Å². The fourth-order valence-electron chi connectivity index (χ4n) is 16.0. The second-order valence-corrected chi connectivity index (χ2v) is 25.9. The van der Waals surface area contributed by atoms with Crippen LogP contribution in [0.25, 0.3) is 0 Å². The Labute approximate surface area is 448 Å². The van der Waals surface area contributed by atoms with Crippen molar-refractivity contribution in [3.63, 3.8) is 0 Å². The van der Waals surface area contributed by atoms with Crippen LogP contribution in [0.3, 0.4) is 0 Å². The van der Waals surface area contributed by atoms with Crippen LogP contribution in [-0.2, 0) is 57.3 Å². The molecule has 4 saturated carbocycles. The van der Waals surface area contributed by atoms with E-state index in [4.69, 9.17) is 37.9 Å². The van der Waals surface area contributed by atoms with Gasteiger partial charge in [0.2, 0.25) is 6.29 Å². The van der Waals surface area contributed by atoms with Crippen LogP contribution in [-0.4, -0.2) is 218 Å². The highest BCUT2D eigenvalue weighted by Gasteiger charge is 2.70. The molecule has 12 N–H and O–H groups in total. The van der Waals surface area contributed by atoms with Gasteiger partial charge in [-0.3, -0.25) is 9.35 Å². The molecular weight excluding hydrogens is 1040 g/mol. The SMILES string of the molecule is C=C1CC[C@]2(C(=O)O[C@@H]3O[C@H](CO)[C@@H](O)[C@H](O)[C@H]3O)CC[C@]3(C)C(=CC[C@@H]4[C@@]5(C)CC[C@H](O[C@@H]6OC[C@H](O)[C@H](O[C@@H]7O[C@H](CO)[C@@H](OS(=O)(=O)O)[C@H](O)[C@H]7O)[C@H]6O[C@@H]6O[C@@H](C)[C@H](O)[C@@H](O)[C@H]6O)C(C)(C)[C@@H]5CC[C@]43C)[C@@H]2C1. The van der Waals surface area contributed by atoms with Crippen molar-refractivity contribution in [1.29, 1.82) is 0 Å². The van der Waals surface area contributed by atoms with E-state index in [2.05, 4.69) is 51.5 Å². The van der Waals surface area contributed by atoms with Crippen molar-refractivity contribution in [2.45, 2.75) is 229 Å². The number of esters is 1. The van der Waals surface area contributed by atoms with E-state index in [0.717, 1.165) is 24.8 Å². The molecule has 0 bridgehead atoms. The highest BCUT2D eigenvalue weighted by molar-refractivity contribution is 7.80. The molecule has 4 heterocycles. The van der Waals surface area contributed by atoms with Gasteiger partial charge in [0.15, 0.2) is 18.9 Å². The van der Waals surface area contributed by atoms with E-state index in [1.54, 1.807) is 0 Å². The molecule has 0 radical (unpaired) electrons. The van der Waals surface area contributed by atoms with E-state index in [0.29, 0.717) is 44.9 Å². The van der Waals surface area contributed by atoms with Gasteiger partial charge in [-0.05, 0) is 105 Å². The predicted octanol–water partition coefficient (Wildman–Crippen LogP) is -1.01. The Hall–Kier alpha value is -1.90. The van der Waals surface area contributed by atoms with Gasteiger partial charge in [0.25, 0.3) is 0 Å². The molecule has 27 atom stereocenters. The monoisotopic (exact) mass is 1120 g/mol. The summed E-state index contributed by atoms with van der Waals surface area (Å²) in [5.74, 6) is -0.577. The van der Waals surface area contributed by atoms with E-state index < -0.39 is 170 Å². The summed E-state index contributed by atoms with van der Waals surface area (Å²) in [6.45, 7) is 15.1. The quantitative estimate of drug-likeness (QED) is 0.0482. The molecule has 0 spiro atoms. The Morgan fingerprint density at radius 1 is 0.688 bits per heavy atom. The average Bonchev–Trinajstić information content (AvgIpc) is 3.43. The van der Waals surface area contributed by atoms with E-state index in [9.17, 15) is 73.9 Å². The Morgan fingerprint density at radius 3 is 1.99 bits per heavy atom. The maximum absolute atomic E-state index is 14.7. The molecule has 4 saturated heterocycles. The average molecular weight is 1120 g/mol. The van der Waals surface area contributed by atoms with Crippen LogP contribution in [0.4, 0.5) is 0 Å². The summed E-state index contributed by atoms with van der Waals surface area (Å²) in [5, 5.41) is 118. The summed E-state index contributed by atoms with van der Waals surface area (Å²) in [6.07, 6.45) is -23.5. The van der Waals surface area contributed by atoms with Gasteiger partial charge in [-0.1, -0.05) is 58.4 Å². The second-order valence-electron chi connectivity index (χ2n) is 24.9. The number of aliphatic hydroxyl groups excluding tert-OH is 11. The number of carbonyl (C=O) groups is 1. The molecule has 0 aromatic rings. The van der Waals surface area contributed by atoms with Gasteiger partial charge in [-0.15, -0.1) is 0 Å². The van der Waals surface area contributed by atoms with Gasteiger partial charge in [-0.2, -0.15) is 8.42 Å². The second kappa shape index (κ2) is 21.7. The summed E-state index contributed by atoms with van der Waals surface area (Å²) in [4.78, 5) is 14.7. The molecule has 440 valence electrons. The zero-order valence-electron chi connectivity index (χ0n) is 44.4. The lowest BCUT2D eigenvalue weighted by Gasteiger charge is -2.71. The van der Waals surface area contributed by atoms with Gasteiger partial charge >= 0.3 is 16.4 Å². The number of allylic oxidation sites excluding steroid dienone is 3. The number of carbonyl (C=O) groups excluding carboxylic acids is 1. The van der Waals surface area contributed by atoms with Crippen molar-refractivity contribution in [2.24, 2.45) is 44.8 Å². The summed E-state index contributed by atoms with van der Waals surface area (Å²) < 4.78 is 85.8. The molecule has 0 aromatic heterocycles. The van der Waals surface area contributed by atoms with Gasteiger partial charge < -0.3 is 94.1 Å². The first kappa shape index (κ1) is 59.7. The molecule has 25 heteroatoms. The van der Waals surface area contributed by atoms with Crippen LogP contribution in [0.1, 0.15) is 106 Å². The number of hydrogen-bond acceptors (Lipinski definition) is 23. The largest absolute Gasteiger partial charge is 0.432 e. The number of aliphatic hydroxyl groups is 11. The number of rotatable bonds is 12.